The monoisotopic (exact) mass is 896 g/mol. The summed E-state index contributed by atoms with van der Waals surface area (Å²) in [6, 6.07) is 0. The summed E-state index contributed by atoms with van der Waals surface area (Å²) >= 11 is 9.96. The van der Waals surface area contributed by atoms with E-state index in [9.17, 15) is 28.8 Å². The van der Waals surface area contributed by atoms with Crippen LogP contribution in [0, 0.1) is 23.2 Å². The van der Waals surface area contributed by atoms with Crippen LogP contribution in [0.2, 0.25) is 0 Å². The highest BCUT2D eigenvalue weighted by atomic mass is 79.9. The molecule has 14 heteroatoms. The van der Waals surface area contributed by atoms with Crippen molar-refractivity contribution in [1.29, 1.82) is 0 Å². The maximum Gasteiger partial charge on any atom is 0.323 e. The Kier molecular flexibility index (Phi) is 40.1. The highest BCUT2D eigenvalue weighted by molar-refractivity contribution is 9.09. The summed E-state index contributed by atoms with van der Waals surface area (Å²) in [6.45, 7) is 16.4. The van der Waals surface area contributed by atoms with Crippen LogP contribution in [0.25, 0.3) is 0 Å². The molecule has 0 aromatic heterocycles. The number of halogens is 3. The van der Waals surface area contributed by atoms with Gasteiger partial charge in [-0.1, -0.05) is 80.9 Å². The number of esters is 4. The predicted molar refractivity (Wildman–Crippen MR) is 203 cm³/mol. The van der Waals surface area contributed by atoms with Gasteiger partial charge in [-0.15, -0.1) is 0 Å². The van der Waals surface area contributed by atoms with Crippen LogP contribution in [0.15, 0.2) is 0 Å². The number of alkyl halides is 3. The molecular formula is C35H63Br3O11. The van der Waals surface area contributed by atoms with Gasteiger partial charge in [0.1, 0.15) is 5.78 Å². The number of ketones is 1. The van der Waals surface area contributed by atoms with Crippen LogP contribution in [-0.2, 0) is 47.7 Å². The zero-order chi connectivity index (χ0) is 38.8. The Bertz CT molecular complexity index is 838. The normalized spacial score (nSPS) is 11.5. The summed E-state index contributed by atoms with van der Waals surface area (Å²) in [5.41, 5.74) is -1.17. The maximum absolute atomic E-state index is 11.8. The first-order valence-electron chi connectivity index (χ1n) is 17.1. The number of carbonyl (C=O) groups excluding carboxylic acids is 5. The van der Waals surface area contributed by atoms with Crippen LogP contribution in [0.5, 0.6) is 0 Å². The molecule has 11 nitrogen and oxygen atoms in total. The number of carboxylic acids is 1. The minimum absolute atomic E-state index is 0.181. The molecule has 0 amide bonds. The SMILES string of the molecule is CC(=O)C(C)CCCCBr.CC(CCCCBr)C(=O)O.CCOC(=O)C(C)(CCCCBr)C(=O)OCC.CCOC(=O)C(C)C(=O)OCC. The molecule has 2 atom stereocenters. The van der Waals surface area contributed by atoms with Gasteiger partial charge in [0.2, 0.25) is 0 Å². The van der Waals surface area contributed by atoms with Crippen molar-refractivity contribution in [3.63, 3.8) is 0 Å². The smallest absolute Gasteiger partial charge is 0.323 e. The van der Waals surface area contributed by atoms with E-state index in [1.54, 1.807) is 48.5 Å². The molecule has 0 heterocycles. The molecule has 1 N–H and O–H groups in total. The topological polar surface area (TPSA) is 160 Å². The average Bonchev–Trinajstić information content (AvgIpc) is 3.05. The van der Waals surface area contributed by atoms with Crippen molar-refractivity contribution >= 4 is 83.4 Å². The van der Waals surface area contributed by atoms with Crippen LogP contribution in [0.4, 0.5) is 0 Å². The van der Waals surface area contributed by atoms with Crippen molar-refractivity contribution in [3.05, 3.63) is 0 Å². The number of unbranched alkanes of at least 4 members (excludes halogenated alkanes) is 3. The van der Waals surface area contributed by atoms with Crippen molar-refractivity contribution in [1.82, 2.24) is 0 Å². The molecule has 49 heavy (non-hydrogen) atoms. The van der Waals surface area contributed by atoms with Crippen LogP contribution >= 0.6 is 47.8 Å². The minimum Gasteiger partial charge on any atom is -0.481 e. The van der Waals surface area contributed by atoms with E-state index in [0.717, 1.165) is 60.9 Å². The van der Waals surface area contributed by atoms with Gasteiger partial charge < -0.3 is 24.1 Å². The molecule has 0 aliphatic heterocycles. The van der Waals surface area contributed by atoms with E-state index in [2.05, 4.69) is 57.3 Å². The number of carboxylic acid groups (broad SMARTS) is 1. The standard InChI is InChI=1S/C12H21BrO4.C8H15BrO.C8H14O4.C7H13BrO2/c1-4-16-10(14)12(3,8-6-7-9-13)11(15)17-5-2;1-7(8(2)10)5-3-4-6-9;1-4-11-7(9)6(3)8(10)12-5-2;1-6(7(9)10)4-2-3-5-8/h4-9H2,1-3H3;7H,3-6H2,1-2H3;6H,4-5H2,1-3H3;6H,2-5H2,1H3,(H,9,10). The van der Waals surface area contributed by atoms with Crippen molar-refractivity contribution in [3.8, 4) is 0 Å². The van der Waals surface area contributed by atoms with E-state index >= 15 is 0 Å². The van der Waals surface area contributed by atoms with Gasteiger partial charge in [-0.25, -0.2) is 0 Å². The van der Waals surface area contributed by atoms with Gasteiger partial charge in [0.25, 0.3) is 0 Å². The van der Waals surface area contributed by atoms with Gasteiger partial charge in [0, 0.05) is 21.9 Å². The number of hydrogen-bond acceptors (Lipinski definition) is 10. The minimum atomic E-state index is -1.17. The number of aliphatic carboxylic acids is 1. The molecule has 0 aliphatic rings. The molecule has 0 radical (unpaired) electrons. The number of Topliss-reactive ketones (excluding diaryl/α,β-unsaturated/α-hetero) is 1. The number of carbonyl (C=O) groups is 6. The third-order valence-corrected chi connectivity index (χ3v) is 8.63. The van der Waals surface area contributed by atoms with Crippen molar-refractivity contribution in [2.75, 3.05) is 42.4 Å². The summed E-state index contributed by atoms with van der Waals surface area (Å²) < 4.78 is 19.2. The first-order valence-corrected chi connectivity index (χ1v) is 20.5. The summed E-state index contributed by atoms with van der Waals surface area (Å²) in [4.78, 5) is 66.6. The Hall–Kier alpha value is -1.54. The Morgan fingerprint density at radius 1 is 0.592 bits per heavy atom. The molecule has 0 aromatic rings. The van der Waals surface area contributed by atoms with E-state index in [-0.39, 0.29) is 38.3 Å². The molecule has 2 unspecified atom stereocenters. The van der Waals surface area contributed by atoms with Gasteiger partial charge in [0.15, 0.2) is 11.3 Å². The molecule has 0 fully saturated rings. The molecule has 0 spiro atoms. The lowest BCUT2D eigenvalue weighted by Crippen LogP contribution is -2.39. The van der Waals surface area contributed by atoms with Gasteiger partial charge >= 0.3 is 29.8 Å². The third-order valence-electron chi connectivity index (χ3n) is 6.95. The Morgan fingerprint density at radius 2 is 0.939 bits per heavy atom. The quantitative estimate of drug-likeness (QED) is 0.0365. The van der Waals surface area contributed by atoms with Gasteiger partial charge in [-0.05, 0) is 87.0 Å². The van der Waals surface area contributed by atoms with Gasteiger partial charge in [-0.2, -0.15) is 0 Å². The summed E-state index contributed by atoms with van der Waals surface area (Å²) in [5.74, 6) is -3.15. The van der Waals surface area contributed by atoms with E-state index < -0.39 is 41.2 Å². The largest absolute Gasteiger partial charge is 0.481 e. The molecule has 0 aliphatic carbocycles. The second-order valence-electron chi connectivity index (χ2n) is 11.3. The highest BCUT2D eigenvalue weighted by Gasteiger charge is 2.43. The summed E-state index contributed by atoms with van der Waals surface area (Å²) in [6.07, 6.45) is 8.38. The lowest BCUT2D eigenvalue weighted by Gasteiger charge is -2.24. The van der Waals surface area contributed by atoms with Crippen molar-refractivity contribution in [2.45, 2.75) is 120 Å². The summed E-state index contributed by atoms with van der Waals surface area (Å²) in [7, 11) is 0. The molecule has 290 valence electrons. The Labute approximate surface area is 320 Å². The van der Waals surface area contributed by atoms with E-state index in [1.807, 2.05) is 6.92 Å². The lowest BCUT2D eigenvalue weighted by atomic mass is 9.85. The fraction of sp³-hybridized carbons (Fsp3) is 0.829. The highest BCUT2D eigenvalue weighted by Crippen LogP contribution is 2.28. The van der Waals surface area contributed by atoms with Crippen LogP contribution in [0.3, 0.4) is 0 Å². The average molecular weight is 900 g/mol. The number of rotatable bonds is 22. The molecular weight excluding hydrogens is 836 g/mol. The first-order chi connectivity index (χ1) is 23.0. The summed E-state index contributed by atoms with van der Waals surface area (Å²) in [5, 5.41) is 11.4. The van der Waals surface area contributed by atoms with Crippen LogP contribution < -0.4 is 0 Å². The third kappa shape index (κ3) is 31.0. The second kappa shape index (κ2) is 36.3. The molecule has 0 rings (SSSR count). The fourth-order valence-electron chi connectivity index (χ4n) is 3.49. The zero-order valence-corrected chi connectivity index (χ0v) is 36.0. The van der Waals surface area contributed by atoms with Crippen LogP contribution in [-0.4, -0.2) is 83.2 Å². The van der Waals surface area contributed by atoms with E-state index in [1.165, 1.54) is 13.3 Å². The fourth-order valence-corrected chi connectivity index (χ4v) is 4.68. The second-order valence-corrected chi connectivity index (χ2v) is 13.6. The molecule has 0 saturated carbocycles. The first kappa shape index (κ1) is 54.2. The van der Waals surface area contributed by atoms with Crippen molar-refractivity contribution < 1.29 is 52.8 Å². The maximum atomic E-state index is 11.8. The molecule has 0 aromatic carbocycles. The van der Waals surface area contributed by atoms with Crippen molar-refractivity contribution in [2.24, 2.45) is 23.2 Å². The van der Waals surface area contributed by atoms with Crippen LogP contribution in [0.1, 0.15) is 120 Å². The van der Waals surface area contributed by atoms with E-state index in [0.29, 0.717) is 12.2 Å². The number of hydrogen-bond donors (Lipinski definition) is 1. The lowest BCUT2D eigenvalue weighted by molar-refractivity contribution is -0.171. The van der Waals surface area contributed by atoms with Gasteiger partial charge in [0.05, 0.1) is 32.3 Å². The predicted octanol–water partition coefficient (Wildman–Crippen LogP) is 8.48. The Morgan fingerprint density at radius 3 is 1.24 bits per heavy atom. The van der Waals surface area contributed by atoms with E-state index in [4.69, 9.17) is 14.6 Å². The zero-order valence-electron chi connectivity index (χ0n) is 31.2. The molecule has 0 bridgehead atoms. The Balaban J connectivity index is -0.000000283. The molecule has 0 saturated heterocycles. The number of ether oxygens (including phenoxy) is 4. The van der Waals surface area contributed by atoms with Gasteiger partial charge in [-0.3, -0.25) is 28.8 Å².